The van der Waals surface area contributed by atoms with Crippen LogP contribution in [0.15, 0.2) is 28.7 Å². The van der Waals surface area contributed by atoms with Crippen LogP contribution in [-0.2, 0) is 9.47 Å². The lowest BCUT2D eigenvalue weighted by molar-refractivity contribution is -0.157. The third kappa shape index (κ3) is 3.16. The number of hydrogen-bond acceptors (Lipinski definition) is 5. The second-order valence-corrected chi connectivity index (χ2v) is 4.25. The zero-order valence-electron chi connectivity index (χ0n) is 11.6. The van der Waals surface area contributed by atoms with Crippen molar-refractivity contribution in [1.29, 1.82) is 0 Å². The van der Waals surface area contributed by atoms with Gasteiger partial charge in [0.25, 0.3) is 0 Å². The van der Waals surface area contributed by atoms with Crippen LogP contribution in [0.3, 0.4) is 0 Å². The van der Waals surface area contributed by atoms with Gasteiger partial charge in [0.05, 0.1) is 0 Å². The van der Waals surface area contributed by atoms with Crippen LogP contribution >= 0.6 is 0 Å². The third-order valence-corrected chi connectivity index (χ3v) is 2.92. The first-order valence-electron chi connectivity index (χ1n) is 6.57. The van der Waals surface area contributed by atoms with E-state index in [1.807, 2.05) is 13.8 Å². The second kappa shape index (κ2) is 6.81. The molecule has 0 saturated carbocycles. The van der Waals surface area contributed by atoms with Crippen molar-refractivity contribution in [1.82, 2.24) is 5.43 Å². The quantitative estimate of drug-likeness (QED) is 0.464. The van der Waals surface area contributed by atoms with E-state index in [1.54, 1.807) is 12.1 Å². The number of halogens is 1. The number of fused-ring (bicyclic) bond motifs is 1. The van der Waals surface area contributed by atoms with Crippen LogP contribution in [0, 0.1) is 5.82 Å². The van der Waals surface area contributed by atoms with E-state index < -0.39 is 12.3 Å². The van der Waals surface area contributed by atoms with E-state index in [9.17, 15) is 4.39 Å². The maximum absolute atomic E-state index is 13.2. The first-order valence-corrected chi connectivity index (χ1v) is 6.57. The summed E-state index contributed by atoms with van der Waals surface area (Å²) in [4.78, 5) is 0. The Morgan fingerprint density at radius 1 is 1.25 bits per heavy atom. The lowest BCUT2D eigenvalue weighted by Crippen LogP contribution is -2.39. The first-order chi connectivity index (χ1) is 9.69. The summed E-state index contributed by atoms with van der Waals surface area (Å²) in [6.45, 7) is 4.70. The molecule has 1 aromatic heterocycles. The molecule has 5 nitrogen and oxygen atoms in total. The van der Waals surface area contributed by atoms with Crippen LogP contribution in [0.5, 0.6) is 0 Å². The number of benzene rings is 1. The van der Waals surface area contributed by atoms with E-state index >= 15 is 0 Å². The molecule has 6 heteroatoms. The molecular formula is C14H19FN2O3. The van der Waals surface area contributed by atoms with Crippen molar-refractivity contribution in [2.45, 2.75) is 26.2 Å². The van der Waals surface area contributed by atoms with Crippen LogP contribution < -0.4 is 11.3 Å². The second-order valence-electron chi connectivity index (χ2n) is 4.25. The summed E-state index contributed by atoms with van der Waals surface area (Å²) in [5.41, 5.74) is 3.22. The molecule has 0 bridgehead atoms. The largest absolute Gasteiger partial charge is 0.459 e. The van der Waals surface area contributed by atoms with Crippen molar-refractivity contribution in [3.63, 3.8) is 0 Å². The summed E-state index contributed by atoms with van der Waals surface area (Å²) in [5, 5.41) is 0.673. The van der Waals surface area contributed by atoms with Crippen LogP contribution in [0.4, 0.5) is 4.39 Å². The van der Waals surface area contributed by atoms with Gasteiger partial charge in [-0.3, -0.25) is 5.84 Å². The number of ether oxygens (including phenoxy) is 2. The monoisotopic (exact) mass is 282 g/mol. The van der Waals surface area contributed by atoms with E-state index in [2.05, 4.69) is 5.43 Å². The van der Waals surface area contributed by atoms with Crippen molar-refractivity contribution >= 4 is 11.0 Å². The van der Waals surface area contributed by atoms with E-state index in [0.29, 0.717) is 29.9 Å². The number of nitrogens with one attached hydrogen (secondary N) is 1. The molecule has 3 N–H and O–H groups in total. The maximum Gasteiger partial charge on any atom is 0.181 e. The van der Waals surface area contributed by atoms with Crippen molar-refractivity contribution in [2.24, 2.45) is 5.84 Å². The lowest BCUT2D eigenvalue weighted by atomic mass is 10.2. The molecular weight excluding hydrogens is 263 g/mol. The van der Waals surface area contributed by atoms with Gasteiger partial charge in [-0.25, -0.2) is 9.82 Å². The Morgan fingerprint density at radius 2 is 1.95 bits per heavy atom. The SMILES string of the molecule is CCOC(OCC)C(NN)c1cc2cc(F)ccc2o1. The number of nitrogens with two attached hydrogens (primary N) is 1. The van der Waals surface area contributed by atoms with Crippen LogP contribution in [0.25, 0.3) is 11.0 Å². The Bertz CT molecular complexity index is 552. The van der Waals surface area contributed by atoms with Gasteiger partial charge >= 0.3 is 0 Å². The summed E-state index contributed by atoms with van der Waals surface area (Å²) in [5.74, 6) is 5.80. The van der Waals surface area contributed by atoms with Crippen molar-refractivity contribution in [3.05, 3.63) is 35.8 Å². The van der Waals surface area contributed by atoms with Gasteiger partial charge in [-0.05, 0) is 38.1 Å². The predicted molar refractivity (Wildman–Crippen MR) is 73.3 cm³/mol. The van der Waals surface area contributed by atoms with Crippen LogP contribution in [0.2, 0.25) is 0 Å². The number of hydrazine groups is 1. The minimum absolute atomic E-state index is 0.312. The number of hydrogen-bond donors (Lipinski definition) is 2. The molecule has 2 aromatic rings. The minimum Gasteiger partial charge on any atom is -0.459 e. The zero-order valence-corrected chi connectivity index (χ0v) is 11.6. The molecule has 0 saturated heterocycles. The normalized spacial score (nSPS) is 13.2. The molecule has 0 aliphatic carbocycles. The number of rotatable bonds is 7. The smallest absolute Gasteiger partial charge is 0.181 e. The lowest BCUT2D eigenvalue weighted by Gasteiger charge is -2.24. The summed E-state index contributed by atoms with van der Waals surface area (Å²) in [7, 11) is 0. The fourth-order valence-corrected chi connectivity index (χ4v) is 2.05. The molecule has 0 aliphatic rings. The van der Waals surface area contributed by atoms with E-state index in [0.717, 1.165) is 0 Å². The van der Waals surface area contributed by atoms with Crippen molar-refractivity contribution < 1.29 is 18.3 Å². The Labute approximate surface area is 116 Å². The standard InChI is InChI=1S/C14H19FN2O3/c1-3-18-14(19-4-2)13(17-16)12-8-9-7-10(15)5-6-11(9)20-12/h5-8,13-14,17H,3-4,16H2,1-2H3. The summed E-state index contributed by atoms with van der Waals surface area (Å²) < 4.78 is 29.9. The molecule has 2 rings (SSSR count). The molecule has 0 radical (unpaired) electrons. The molecule has 110 valence electrons. The molecule has 1 atom stereocenters. The fourth-order valence-electron chi connectivity index (χ4n) is 2.05. The van der Waals surface area contributed by atoms with E-state index in [4.69, 9.17) is 19.7 Å². The highest BCUT2D eigenvalue weighted by Gasteiger charge is 2.26. The molecule has 20 heavy (non-hydrogen) atoms. The van der Waals surface area contributed by atoms with Gasteiger partial charge in [0.15, 0.2) is 6.29 Å². The highest BCUT2D eigenvalue weighted by Crippen LogP contribution is 2.27. The zero-order chi connectivity index (χ0) is 14.5. The van der Waals surface area contributed by atoms with Crippen molar-refractivity contribution in [2.75, 3.05) is 13.2 Å². The average molecular weight is 282 g/mol. The maximum atomic E-state index is 13.2. The highest BCUT2D eigenvalue weighted by atomic mass is 19.1. The Hall–Kier alpha value is -1.47. The fraction of sp³-hybridized carbons (Fsp3) is 0.429. The van der Waals surface area contributed by atoms with Gasteiger partial charge in [0.1, 0.15) is 23.2 Å². The van der Waals surface area contributed by atoms with E-state index in [-0.39, 0.29) is 5.82 Å². The van der Waals surface area contributed by atoms with Gasteiger partial charge in [-0.15, -0.1) is 0 Å². The van der Waals surface area contributed by atoms with Gasteiger partial charge in [-0.1, -0.05) is 0 Å². The van der Waals surface area contributed by atoms with E-state index in [1.165, 1.54) is 12.1 Å². The minimum atomic E-state index is -0.569. The molecule has 1 unspecified atom stereocenters. The highest BCUT2D eigenvalue weighted by molar-refractivity contribution is 5.78. The average Bonchev–Trinajstić information content (AvgIpc) is 2.82. The summed E-state index contributed by atoms with van der Waals surface area (Å²) in [6.07, 6.45) is -0.569. The van der Waals surface area contributed by atoms with Crippen molar-refractivity contribution in [3.8, 4) is 0 Å². The third-order valence-electron chi connectivity index (χ3n) is 2.92. The molecule has 0 spiro atoms. The first kappa shape index (κ1) is 14.9. The Balaban J connectivity index is 2.31. The van der Waals surface area contributed by atoms with Gasteiger partial charge in [0, 0.05) is 18.6 Å². The molecule has 1 aromatic carbocycles. The molecule has 0 aliphatic heterocycles. The topological polar surface area (TPSA) is 69.7 Å². The summed E-state index contributed by atoms with van der Waals surface area (Å²) in [6, 6.07) is 5.60. The van der Waals surface area contributed by atoms with Crippen LogP contribution in [0.1, 0.15) is 25.6 Å². The van der Waals surface area contributed by atoms with Gasteiger partial charge < -0.3 is 13.9 Å². The summed E-state index contributed by atoms with van der Waals surface area (Å²) >= 11 is 0. The molecule has 1 heterocycles. The predicted octanol–water partition coefficient (Wildman–Crippen LogP) is 2.48. The Kier molecular flexibility index (Phi) is 5.08. The van der Waals surface area contributed by atoms with Gasteiger partial charge in [0.2, 0.25) is 0 Å². The van der Waals surface area contributed by atoms with Crippen LogP contribution in [-0.4, -0.2) is 19.5 Å². The molecule has 0 fully saturated rings. The van der Waals surface area contributed by atoms with Gasteiger partial charge in [-0.2, -0.15) is 0 Å². The Morgan fingerprint density at radius 3 is 2.55 bits per heavy atom. The number of furan rings is 1. The molecule has 0 amide bonds.